The van der Waals surface area contributed by atoms with Gasteiger partial charge >= 0.3 is 5.97 Å². The molecule has 0 saturated heterocycles. The zero-order valence-electron chi connectivity index (χ0n) is 19.5. The van der Waals surface area contributed by atoms with E-state index < -0.39 is 5.97 Å². The molecule has 1 aliphatic carbocycles. The molecule has 0 saturated carbocycles. The zero-order chi connectivity index (χ0) is 24.0. The van der Waals surface area contributed by atoms with E-state index in [1.807, 2.05) is 86.2 Å². The van der Waals surface area contributed by atoms with Crippen molar-refractivity contribution in [1.82, 2.24) is 14.4 Å². The fraction of sp³-hybridized carbons (Fsp3) is 0.148. The molecule has 0 spiro atoms. The molecule has 3 aromatic rings. The number of carboxylic acid groups (broad SMARTS) is 1. The highest BCUT2D eigenvalue weighted by molar-refractivity contribution is 6.08. The SMILES string of the molecule is CN(C)c1ccc2c(-c3ccc(-n4cccn4)cc3C(=O)O)c3ccc(=[N+](C)C)cc-3oc2c1. The number of fused-ring (bicyclic) bond motifs is 2. The average Bonchev–Trinajstić information content (AvgIpc) is 3.36. The first-order valence-electron chi connectivity index (χ1n) is 10.9. The quantitative estimate of drug-likeness (QED) is 0.326. The standard InChI is InChI=1S/C27H24N4O3/c1-29(2)17-6-10-21-24(15-17)34-25-16-18(30(3)4)7-11-22(25)26(21)20-9-8-19(14-23(20)27(32)33)31-13-5-12-28-31/h5-16H,1-4H3/p+1. The summed E-state index contributed by atoms with van der Waals surface area (Å²) in [6, 6.07) is 19.2. The van der Waals surface area contributed by atoms with Crippen LogP contribution in [0.5, 0.6) is 0 Å². The normalized spacial score (nSPS) is 11.2. The van der Waals surface area contributed by atoms with Crippen LogP contribution >= 0.6 is 0 Å². The van der Waals surface area contributed by atoms with Crippen molar-refractivity contribution in [2.75, 3.05) is 33.1 Å². The van der Waals surface area contributed by atoms with Crippen LogP contribution in [0.15, 0.2) is 77.5 Å². The molecule has 34 heavy (non-hydrogen) atoms. The summed E-state index contributed by atoms with van der Waals surface area (Å²) in [6.07, 6.45) is 3.46. The van der Waals surface area contributed by atoms with Crippen molar-refractivity contribution in [2.45, 2.75) is 0 Å². The minimum Gasteiger partial charge on any atom is -0.478 e. The van der Waals surface area contributed by atoms with Crippen molar-refractivity contribution in [3.8, 4) is 28.1 Å². The van der Waals surface area contributed by atoms with E-state index in [1.165, 1.54) is 0 Å². The Balaban J connectivity index is 1.88. The van der Waals surface area contributed by atoms with Gasteiger partial charge in [-0.3, -0.25) is 0 Å². The van der Waals surface area contributed by atoms with Crippen molar-refractivity contribution >= 4 is 22.6 Å². The molecule has 2 aliphatic rings. The molecule has 0 fully saturated rings. The lowest BCUT2D eigenvalue weighted by molar-refractivity contribution is 0.0697. The highest BCUT2D eigenvalue weighted by Gasteiger charge is 2.23. The van der Waals surface area contributed by atoms with E-state index in [4.69, 9.17) is 4.42 Å². The molecule has 1 aliphatic heterocycles. The summed E-state index contributed by atoms with van der Waals surface area (Å²) < 4.78 is 10.0. The summed E-state index contributed by atoms with van der Waals surface area (Å²) in [5.41, 5.74) is 4.89. The summed E-state index contributed by atoms with van der Waals surface area (Å²) in [5, 5.41) is 16.3. The van der Waals surface area contributed by atoms with Gasteiger partial charge in [0.25, 0.3) is 0 Å². The molecule has 7 nitrogen and oxygen atoms in total. The largest absolute Gasteiger partial charge is 0.478 e. The summed E-state index contributed by atoms with van der Waals surface area (Å²) in [4.78, 5) is 14.4. The molecular formula is C27H25N4O3+. The van der Waals surface area contributed by atoms with Gasteiger partial charge in [0.15, 0.2) is 0 Å². The molecule has 7 heteroatoms. The second kappa shape index (κ2) is 8.19. The molecular weight excluding hydrogens is 428 g/mol. The van der Waals surface area contributed by atoms with E-state index in [0.717, 1.165) is 27.6 Å². The van der Waals surface area contributed by atoms with Crippen LogP contribution in [0.4, 0.5) is 5.69 Å². The molecule has 1 aromatic heterocycles. The first kappa shape index (κ1) is 21.5. The first-order chi connectivity index (χ1) is 16.3. The maximum absolute atomic E-state index is 12.4. The number of anilines is 1. The molecule has 5 rings (SSSR count). The number of rotatable bonds is 4. The lowest BCUT2D eigenvalue weighted by Gasteiger charge is -2.19. The molecule has 0 radical (unpaired) electrons. The highest BCUT2D eigenvalue weighted by Crippen LogP contribution is 2.42. The fourth-order valence-electron chi connectivity index (χ4n) is 4.21. The molecule has 0 atom stereocenters. The van der Waals surface area contributed by atoms with E-state index in [1.54, 1.807) is 29.2 Å². The maximum atomic E-state index is 12.4. The Labute approximate surface area is 196 Å². The van der Waals surface area contributed by atoms with Gasteiger partial charge in [-0.25, -0.2) is 14.1 Å². The van der Waals surface area contributed by atoms with Crippen LogP contribution in [0, 0.1) is 0 Å². The number of benzene rings is 3. The van der Waals surface area contributed by atoms with Crippen molar-refractivity contribution in [3.63, 3.8) is 0 Å². The molecule has 2 heterocycles. The molecule has 1 N–H and O–H groups in total. The lowest BCUT2D eigenvalue weighted by atomic mass is 9.90. The van der Waals surface area contributed by atoms with Crippen LogP contribution in [0.2, 0.25) is 0 Å². The van der Waals surface area contributed by atoms with Crippen LogP contribution in [0.1, 0.15) is 10.4 Å². The van der Waals surface area contributed by atoms with E-state index in [2.05, 4.69) is 5.10 Å². The Morgan fingerprint density at radius 1 is 1.03 bits per heavy atom. The molecule has 0 unspecified atom stereocenters. The van der Waals surface area contributed by atoms with Gasteiger partial charge in [0.1, 0.15) is 25.4 Å². The van der Waals surface area contributed by atoms with Crippen molar-refractivity contribution in [2.24, 2.45) is 0 Å². The predicted molar refractivity (Wildman–Crippen MR) is 134 cm³/mol. The van der Waals surface area contributed by atoms with Gasteiger partial charge in [0.05, 0.1) is 17.3 Å². The summed E-state index contributed by atoms with van der Waals surface area (Å²) in [5.74, 6) is -0.307. The van der Waals surface area contributed by atoms with Gasteiger partial charge in [-0.15, -0.1) is 0 Å². The number of aromatic nitrogens is 2. The average molecular weight is 454 g/mol. The number of carbonyl (C=O) groups is 1. The summed E-state index contributed by atoms with van der Waals surface area (Å²) in [7, 11) is 7.90. The van der Waals surface area contributed by atoms with Gasteiger partial charge in [0, 0.05) is 60.8 Å². The second-order valence-electron chi connectivity index (χ2n) is 8.61. The molecule has 0 bridgehead atoms. The van der Waals surface area contributed by atoms with Gasteiger partial charge in [-0.05, 0) is 42.0 Å². The van der Waals surface area contributed by atoms with Crippen molar-refractivity contribution < 1.29 is 14.3 Å². The van der Waals surface area contributed by atoms with Gasteiger partial charge in [-0.2, -0.15) is 5.10 Å². The highest BCUT2D eigenvalue weighted by atomic mass is 16.4. The number of hydrogen-bond acceptors (Lipinski definition) is 4. The predicted octanol–water partition coefficient (Wildman–Crippen LogP) is 4.19. The summed E-state index contributed by atoms with van der Waals surface area (Å²) in [6.45, 7) is 0. The van der Waals surface area contributed by atoms with Crippen LogP contribution in [-0.4, -0.2) is 49.0 Å². The first-order valence-corrected chi connectivity index (χ1v) is 10.9. The van der Waals surface area contributed by atoms with E-state index >= 15 is 0 Å². The van der Waals surface area contributed by atoms with Crippen molar-refractivity contribution in [3.05, 3.63) is 84.0 Å². The van der Waals surface area contributed by atoms with Gasteiger partial charge < -0.3 is 14.4 Å². The number of hydrogen-bond donors (Lipinski definition) is 1. The molecule has 0 amide bonds. The number of carboxylic acids is 1. The Hall–Kier alpha value is -4.39. The van der Waals surface area contributed by atoms with Crippen LogP contribution in [0.3, 0.4) is 0 Å². The Bertz CT molecular complexity index is 1580. The van der Waals surface area contributed by atoms with E-state index in [0.29, 0.717) is 22.6 Å². The minimum atomic E-state index is -0.999. The topological polar surface area (TPSA) is 74.5 Å². The van der Waals surface area contributed by atoms with E-state index in [-0.39, 0.29) is 5.56 Å². The maximum Gasteiger partial charge on any atom is 0.336 e. The van der Waals surface area contributed by atoms with Crippen LogP contribution < -0.4 is 14.8 Å². The van der Waals surface area contributed by atoms with Crippen molar-refractivity contribution in [1.29, 1.82) is 0 Å². The fourth-order valence-corrected chi connectivity index (χ4v) is 4.21. The Morgan fingerprint density at radius 2 is 1.82 bits per heavy atom. The third-order valence-electron chi connectivity index (χ3n) is 5.99. The lowest BCUT2D eigenvalue weighted by Crippen LogP contribution is -2.21. The van der Waals surface area contributed by atoms with Gasteiger partial charge in [0.2, 0.25) is 5.36 Å². The third-order valence-corrected chi connectivity index (χ3v) is 5.99. The smallest absolute Gasteiger partial charge is 0.336 e. The van der Waals surface area contributed by atoms with E-state index in [9.17, 15) is 9.90 Å². The number of aromatic carboxylic acids is 1. The Kier molecular flexibility index (Phi) is 5.17. The number of nitrogens with zero attached hydrogens (tertiary/aromatic N) is 4. The molecule has 2 aromatic carbocycles. The van der Waals surface area contributed by atoms with Crippen LogP contribution in [0.25, 0.3) is 39.1 Å². The molecule has 170 valence electrons. The monoisotopic (exact) mass is 453 g/mol. The zero-order valence-corrected chi connectivity index (χ0v) is 19.5. The summed E-state index contributed by atoms with van der Waals surface area (Å²) >= 11 is 0. The third kappa shape index (κ3) is 3.61. The Morgan fingerprint density at radius 3 is 2.50 bits per heavy atom. The second-order valence-corrected chi connectivity index (χ2v) is 8.61. The van der Waals surface area contributed by atoms with Gasteiger partial charge in [-0.1, -0.05) is 6.07 Å². The van der Waals surface area contributed by atoms with Crippen LogP contribution in [-0.2, 0) is 0 Å². The minimum absolute atomic E-state index is 0.204.